The third-order valence-electron chi connectivity index (χ3n) is 5.05. The topological polar surface area (TPSA) is 102 Å². The van der Waals surface area contributed by atoms with Crippen LogP contribution in [-0.2, 0) is 4.79 Å². The first-order chi connectivity index (χ1) is 17.1. The molecular formula is C26H25N5O3S. The minimum atomic E-state index is -0.299. The number of carbonyl (C=O) groups is 1. The summed E-state index contributed by atoms with van der Waals surface area (Å²) in [6, 6.07) is 24.2. The first-order valence-electron chi connectivity index (χ1n) is 11.0. The SMILES string of the molecule is CCOc1ccc(-n2c(SCC(=O)NN=C(C)c3ccccc3O)nnc2-c2ccccc2)cc1. The van der Waals surface area contributed by atoms with Crippen LogP contribution >= 0.6 is 11.8 Å². The van der Waals surface area contributed by atoms with E-state index in [0.29, 0.717) is 28.9 Å². The highest BCUT2D eigenvalue weighted by Gasteiger charge is 2.17. The Morgan fingerprint density at radius 2 is 1.74 bits per heavy atom. The number of para-hydroxylation sites is 1. The van der Waals surface area contributed by atoms with Gasteiger partial charge in [0.2, 0.25) is 0 Å². The van der Waals surface area contributed by atoms with Gasteiger partial charge in [-0.1, -0.05) is 54.2 Å². The molecule has 8 nitrogen and oxygen atoms in total. The monoisotopic (exact) mass is 487 g/mol. The van der Waals surface area contributed by atoms with Crippen LogP contribution in [0.25, 0.3) is 17.1 Å². The van der Waals surface area contributed by atoms with Crippen molar-refractivity contribution in [1.29, 1.82) is 0 Å². The smallest absolute Gasteiger partial charge is 0.250 e. The van der Waals surface area contributed by atoms with Crippen molar-refractivity contribution < 1.29 is 14.6 Å². The zero-order valence-corrected chi connectivity index (χ0v) is 20.2. The molecule has 9 heteroatoms. The van der Waals surface area contributed by atoms with E-state index in [1.807, 2.05) is 66.1 Å². The number of hydrogen-bond donors (Lipinski definition) is 2. The maximum absolute atomic E-state index is 12.5. The maximum atomic E-state index is 12.5. The third kappa shape index (κ3) is 5.88. The summed E-state index contributed by atoms with van der Waals surface area (Å²) in [6.45, 7) is 4.25. The predicted octanol–water partition coefficient (Wildman–Crippen LogP) is 4.67. The number of rotatable bonds is 9. The van der Waals surface area contributed by atoms with Crippen molar-refractivity contribution in [2.75, 3.05) is 12.4 Å². The Bertz CT molecular complexity index is 1320. The molecule has 1 amide bonds. The van der Waals surface area contributed by atoms with Crippen LogP contribution in [0.15, 0.2) is 89.1 Å². The van der Waals surface area contributed by atoms with Crippen LogP contribution in [0.1, 0.15) is 19.4 Å². The molecule has 0 saturated carbocycles. The number of nitrogens with zero attached hydrogens (tertiary/aromatic N) is 4. The molecule has 178 valence electrons. The summed E-state index contributed by atoms with van der Waals surface area (Å²) >= 11 is 1.26. The molecule has 1 heterocycles. The molecule has 0 aliphatic rings. The summed E-state index contributed by atoms with van der Waals surface area (Å²) in [5, 5.41) is 23.4. The van der Waals surface area contributed by atoms with Gasteiger partial charge in [-0.05, 0) is 50.2 Å². The van der Waals surface area contributed by atoms with Crippen LogP contribution in [0.4, 0.5) is 0 Å². The quantitative estimate of drug-likeness (QED) is 0.202. The number of thioether (sulfide) groups is 1. The molecule has 35 heavy (non-hydrogen) atoms. The molecular weight excluding hydrogens is 462 g/mol. The zero-order valence-electron chi connectivity index (χ0n) is 19.4. The van der Waals surface area contributed by atoms with Crippen molar-refractivity contribution in [2.45, 2.75) is 19.0 Å². The molecule has 1 aromatic heterocycles. The number of hydrogen-bond acceptors (Lipinski definition) is 7. The standard InChI is InChI=1S/C26H25N5O3S/c1-3-34-21-15-13-20(14-16-21)31-25(19-9-5-4-6-10-19)29-30-26(31)35-17-24(33)28-27-18(2)22-11-7-8-12-23(22)32/h4-16,32H,3,17H2,1-2H3,(H,28,33). The molecule has 3 aromatic carbocycles. The second kappa shape index (κ2) is 11.3. The Balaban J connectivity index is 1.53. The largest absolute Gasteiger partial charge is 0.507 e. The summed E-state index contributed by atoms with van der Waals surface area (Å²) in [7, 11) is 0. The van der Waals surface area contributed by atoms with Crippen LogP contribution in [0.5, 0.6) is 11.5 Å². The number of nitrogens with one attached hydrogen (secondary N) is 1. The Labute approximate surface area is 207 Å². The highest BCUT2D eigenvalue weighted by Crippen LogP contribution is 2.29. The lowest BCUT2D eigenvalue weighted by molar-refractivity contribution is -0.118. The number of phenolic OH excluding ortho intramolecular Hbond substituents is 1. The van der Waals surface area contributed by atoms with Crippen molar-refractivity contribution in [3.05, 3.63) is 84.4 Å². The van der Waals surface area contributed by atoms with E-state index in [4.69, 9.17) is 4.74 Å². The number of hydrazone groups is 1. The number of aromatic nitrogens is 3. The van der Waals surface area contributed by atoms with Gasteiger partial charge >= 0.3 is 0 Å². The van der Waals surface area contributed by atoms with Crippen LogP contribution in [0.2, 0.25) is 0 Å². The van der Waals surface area contributed by atoms with E-state index in [1.165, 1.54) is 11.8 Å². The average Bonchev–Trinajstić information content (AvgIpc) is 3.31. The third-order valence-corrected chi connectivity index (χ3v) is 5.97. The van der Waals surface area contributed by atoms with Gasteiger partial charge in [-0.3, -0.25) is 9.36 Å². The van der Waals surface area contributed by atoms with Crippen molar-refractivity contribution in [1.82, 2.24) is 20.2 Å². The lowest BCUT2D eigenvalue weighted by Crippen LogP contribution is -2.21. The van der Waals surface area contributed by atoms with Gasteiger partial charge in [0.25, 0.3) is 5.91 Å². The summed E-state index contributed by atoms with van der Waals surface area (Å²) in [5.41, 5.74) is 5.37. The van der Waals surface area contributed by atoms with Gasteiger partial charge in [0.05, 0.1) is 18.1 Å². The Morgan fingerprint density at radius 1 is 1.03 bits per heavy atom. The second-order valence-corrected chi connectivity index (χ2v) is 8.42. The molecule has 0 unspecified atom stereocenters. The number of aromatic hydroxyl groups is 1. The number of benzene rings is 3. The maximum Gasteiger partial charge on any atom is 0.250 e. The fourth-order valence-electron chi connectivity index (χ4n) is 3.38. The zero-order chi connectivity index (χ0) is 24.6. The normalized spacial score (nSPS) is 11.3. The Hall–Kier alpha value is -4.11. The lowest BCUT2D eigenvalue weighted by atomic mass is 10.1. The van der Waals surface area contributed by atoms with Gasteiger partial charge in [0.15, 0.2) is 11.0 Å². The van der Waals surface area contributed by atoms with Gasteiger partial charge in [0.1, 0.15) is 11.5 Å². The fraction of sp³-hybridized carbons (Fsp3) is 0.154. The first-order valence-corrected chi connectivity index (χ1v) is 12.0. The van der Waals surface area contributed by atoms with Crippen LogP contribution in [-0.4, -0.2) is 43.8 Å². The van der Waals surface area contributed by atoms with E-state index in [-0.39, 0.29) is 17.4 Å². The van der Waals surface area contributed by atoms with E-state index in [9.17, 15) is 9.90 Å². The molecule has 4 aromatic rings. The summed E-state index contributed by atoms with van der Waals surface area (Å²) in [4.78, 5) is 12.5. The molecule has 0 radical (unpaired) electrons. The van der Waals surface area contributed by atoms with Crippen molar-refractivity contribution in [2.24, 2.45) is 5.10 Å². The molecule has 0 atom stereocenters. The summed E-state index contributed by atoms with van der Waals surface area (Å²) in [5.74, 6) is 1.34. The molecule has 0 fully saturated rings. The molecule has 2 N–H and O–H groups in total. The van der Waals surface area contributed by atoms with E-state index in [0.717, 1.165) is 17.0 Å². The van der Waals surface area contributed by atoms with E-state index >= 15 is 0 Å². The lowest BCUT2D eigenvalue weighted by Gasteiger charge is -2.11. The van der Waals surface area contributed by atoms with Crippen molar-refractivity contribution >= 4 is 23.4 Å². The minimum absolute atomic E-state index is 0.0848. The van der Waals surface area contributed by atoms with Crippen LogP contribution < -0.4 is 10.2 Å². The molecule has 0 spiro atoms. The Morgan fingerprint density at radius 3 is 2.46 bits per heavy atom. The van der Waals surface area contributed by atoms with Crippen LogP contribution in [0, 0.1) is 0 Å². The second-order valence-electron chi connectivity index (χ2n) is 7.47. The minimum Gasteiger partial charge on any atom is -0.507 e. The summed E-state index contributed by atoms with van der Waals surface area (Å²) < 4.78 is 7.48. The van der Waals surface area contributed by atoms with Gasteiger partial charge < -0.3 is 9.84 Å². The Kier molecular flexibility index (Phi) is 7.79. The average molecular weight is 488 g/mol. The number of ether oxygens (including phenoxy) is 1. The number of phenols is 1. The molecule has 0 aliphatic carbocycles. The van der Waals surface area contributed by atoms with Gasteiger partial charge in [-0.25, -0.2) is 5.43 Å². The number of amides is 1. The summed E-state index contributed by atoms with van der Waals surface area (Å²) in [6.07, 6.45) is 0. The van der Waals surface area contributed by atoms with Crippen LogP contribution in [0.3, 0.4) is 0 Å². The van der Waals surface area contributed by atoms with Crippen molar-refractivity contribution in [3.63, 3.8) is 0 Å². The fourth-order valence-corrected chi connectivity index (χ4v) is 4.12. The predicted molar refractivity (Wildman–Crippen MR) is 137 cm³/mol. The van der Waals surface area contributed by atoms with Gasteiger partial charge in [-0.15, -0.1) is 10.2 Å². The van der Waals surface area contributed by atoms with E-state index in [1.54, 1.807) is 31.2 Å². The van der Waals surface area contributed by atoms with Gasteiger partial charge in [0, 0.05) is 16.8 Å². The molecule has 0 aliphatic heterocycles. The molecule has 0 saturated heterocycles. The molecule has 4 rings (SSSR count). The highest BCUT2D eigenvalue weighted by molar-refractivity contribution is 7.99. The highest BCUT2D eigenvalue weighted by atomic mass is 32.2. The number of carbonyl (C=O) groups excluding carboxylic acids is 1. The van der Waals surface area contributed by atoms with Crippen molar-refractivity contribution in [3.8, 4) is 28.6 Å². The first kappa shape index (κ1) is 24.0. The van der Waals surface area contributed by atoms with E-state index < -0.39 is 0 Å². The van der Waals surface area contributed by atoms with Gasteiger partial charge in [-0.2, -0.15) is 5.10 Å². The van der Waals surface area contributed by atoms with E-state index in [2.05, 4.69) is 20.7 Å². The molecule has 0 bridgehead atoms.